The molecule has 0 aromatic rings. The Morgan fingerprint density at radius 1 is 1.33 bits per heavy atom. The summed E-state index contributed by atoms with van der Waals surface area (Å²) in [6.07, 6.45) is -1.21. The van der Waals surface area contributed by atoms with Crippen LogP contribution >= 0.6 is 0 Å². The van der Waals surface area contributed by atoms with Gasteiger partial charge in [-0.05, 0) is 27.7 Å². The van der Waals surface area contributed by atoms with E-state index in [1.807, 2.05) is 20.8 Å². The number of ether oxygens (including phenoxy) is 2. The van der Waals surface area contributed by atoms with Crippen LogP contribution in [0.5, 0.6) is 0 Å². The van der Waals surface area contributed by atoms with Crippen LogP contribution in [0.25, 0.3) is 0 Å². The van der Waals surface area contributed by atoms with Crippen molar-refractivity contribution in [2.24, 2.45) is 0 Å². The fourth-order valence-corrected chi connectivity index (χ4v) is 1.17. The van der Waals surface area contributed by atoms with Gasteiger partial charge < -0.3 is 14.6 Å². The number of aliphatic hydroxyl groups is 1. The van der Waals surface area contributed by atoms with E-state index < -0.39 is 18.0 Å². The molecule has 0 rings (SSSR count). The van der Waals surface area contributed by atoms with Crippen molar-refractivity contribution in [3.05, 3.63) is 0 Å². The van der Waals surface area contributed by atoms with E-state index in [1.165, 1.54) is 0 Å². The molecule has 106 valence electrons. The molecule has 0 fully saturated rings. The van der Waals surface area contributed by atoms with E-state index in [9.17, 15) is 14.7 Å². The van der Waals surface area contributed by atoms with Crippen molar-refractivity contribution in [1.29, 1.82) is 0 Å². The third-order valence-electron chi connectivity index (χ3n) is 1.83. The van der Waals surface area contributed by atoms with Gasteiger partial charge in [0.2, 0.25) is 6.41 Å². The second kappa shape index (κ2) is 8.18. The number of rotatable bonds is 8. The van der Waals surface area contributed by atoms with Gasteiger partial charge in [-0.3, -0.25) is 14.9 Å². The zero-order valence-electron chi connectivity index (χ0n) is 11.5. The van der Waals surface area contributed by atoms with Crippen LogP contribution in [0.15, 0.2) is 0 Å². The number of esters is 1. The van der Waals surface area contributed by atoms with Crippen LogP contribution in [0, 0.1) is 0 Å². The third kappa shape index (κ3) is 10.2. The molecular weight excluding hydrogens is 238 g/mol. The fourth-order valence-electron chi connectivity index (χ4n) is 1.17. The van der Waals surface area contributed by atoms with Crippen molar-refractivity contribution < 1.29 is 24.2 Å². The first-order chi connectivity index (χ1) is 8.24. The Labute approximate surface area is 108 Å². The summed E-state index contributed by atoms with van der Waals surface area (Å²) in [6.45, 7) is 7.62. The molecule has 1 unspecified atom stereocenters. The van der Waals surface area contributed by atoms with Crippen LogP contribution in [0.2, 0.25) is 0 Å². The summed E-state index contributed by atoms with van der Waals surface area (Å²) in [5.41, 5.74) is -0.471. The number of Topliss-reactive ketones (excluding diaryl/α,β-unsaturated/α-hetero) is 1. The highest BCUT2D eigenvalue weighted by Gasteiger charge is 2.16. The number of aliphatic hydroxyl groups excluding tert-OH is 1. The predicted octanol–water partition coefficient (Wildman–Crippen LogP) is 0.579. The van der Waals surface area contributed by atoms with Crippen molar-refractivity contribution in [2.45, 2.75) is 52.6 Å². The number of hydrogen-bond acceptors (Lipinski definition) is 6. The maximum absolute atomic E-state index is 11.3. The minimum absolute atomic E-state index is 0.142. The zero-order valence-corrected chi connectivity index (χ0v) is 11.5. The molecule has 0 saturated heterocycles. The van der Waals surface area contributed by atoms with Crippen LogP contribution in [-0.4, -0.2) is 42.0 Å². The Morgan fingerprint density at radius 2 is 1.94 bits per heavy atom. The van der Waals surface area contributed by atoms with Gasteiger partial charge in [0.15, 0.2) is 0 Å². The summed E-state index contributed by atoms with van der Waals surface area (Å²) in [7, 11) is 0. The average molecular weight is 261 g/mol. The van der Waals surface area contributed by atoms with Gasteiger partial charge in [0.1, 0.15) is 12.2 Å². The molecule has 0 aliphatic heterocycles. The second-order valence-electron chi connectivity index (χ2n) is 4.81. The van der Waals surface area contributed by atoms with Gasteiger partial charge in [0.05, 0.1) is 12.2 Å². The summed E-state index contributed by atoms with van der Waals surface area (Å²) >= 11 is 0. The summed E-state index contributed by atoms with van der Waals surface area (Å²) in [6, 6.07) is 0. The van der Waals surface area contributed by atoms with E-state index in [0.29, 0.717) is 0 Å². The van der Waals surface area contributed by atoms with Crippen molar-refractivity contribution >= 4 is 11.8 Å². The van der Waals surface area contributed by atoms with Crippen LogP contribution < -0.4 is 5.32 Å². The molecule has 0 aliphatic carbocycles. The molecule has 0 bridgehead atoms. The molecule has 0 heterocycles. The van der Waals surface area contributed by atoms with E-state index in [-0.39, 0.29) is 31.8 Å². The normalized spacial score (nSPS) is 13.2. The molecule has 0 aromatic carbocycles. The van der Waals surface area contributed by atoms with E-state index >= 15 is 0 Å². The lowest BCUT2D eigenvalue weighted by Gasteiger charge is -2.24. The van der Waals surface area contributed by atoms with Gasteiger partial charge in [-0.2, -0.15) is 0 Å². The van der Waals surface area contributed by atoms with Gasteiger partial charge in [-0.15, -0.1) is 0 Å². The first-order valence-electron chi connectivity index (χ1n) is 6.01. The molecule has 18 heavy (non-hydrogen) atoms. The number of ketones is 1. The summed E-state index contributed by atoms with van der Waals surface area (Å²) in [5.74, 6) is -0.752. The van der Waals surface area contributed by atoms with E-state index in [2.05, 4.69) is 10.1 Å². The minimum Gasteiger partial charge on any atom is -0.466 e. The van der Waals surface area contributed by atoms with Gasteiger partial charge in [0.25, 0.3) is 0 Å². The molecule has 0 amide bonds. The summed E-state index contributed by atoms with van der Waals surface area (Å²) < 4.78 is 9.83. The van der Waals surface area contributed by atoms with Gasteiger partial charge in [-0.1, -0.05) is 0 Å². The lowest BCUT2D eigenvalue weighted by Crippen LogP contribution is -2.39. The second-order valence-corrected chi connectivity index (χ2v) is 4.81. The molecule has 0 aromatic heterocycles. The van der Waals surface area contributed by atoms with E-state index in [0.717, 1.165) is 0 Å². The van der Waals surface area contributed by atoms with Crippen LogP contribution in [0.3, 0.4) is 0 Å². The van der Waals surface area contributed by atoms with Crippen molar-refractivity contribution in [3.8, 4) is 0 Å². The first kappa shape index (κ1) is 17.0. The molecule has 0 saturated carbocycles. The average Bonchev–Trinajstić information content (AvgIpc) is 2.14. The van der Waals surface area contributed by atoms with Gasteiger partial charge >= 0.3 is 5.97 Å². The van der Waals surface area contributed by atoms with Crippen molar-refractivity contribution in [2.75, 3.05) is 13.2 Å². The minimum atomic E-state index is -1.12. The SMILES string of the molecule is CCOC(=O)CC(=O)CCNC(O)OC(C)(C)C. The maximum atomic E-state index is 11.3. The highest BCUT2D eigenvalue weighted by molar-refractivity contribution is 5.95. The molecule has 2 N–H and O–H groups in total. The quantitative estimate of drug-likeness (QED) is 0.378. The number of carbonyl (C=O) groups excluding carboxylic acids is 2. The Bertz CT molecular complexity index is 272. The monoisotopic (exact) mass is 261 g/mol. The standard InChI is InChI=1S/C12H23NO5/c1-5-17-10(15)8-9(14)6-7-13-11(16)18-12(2,3)4/h11,13,16H,5-8H2,1-4H3. The molecule has 0 spiro atoms. The summed E-state index contributed by atoms with van der Waals surface area (Å²) in [5, 5.41) is 12.1. The van der Waals surface area contributed by atoms with E-state index in [1.54, 1.807) is 6.92 Å². The molecular formula is C12H23NO5. The van der Waals surface area contributed by atoms with Gasteiger partial charge in [0, 0.05) is 13.0 Å². The van der Waals surface area contributed by atoms with E-state index in [4.69, 9.17) is 4.74 Å². The highest BCUT2D eigenvalue weighted by Crippen LogP contribution is 2.07. The Morgan fingerprint density at radius 3 is 2.44 bits per heavy atom. The van der Waals surface area contributed by atoms with Crippen LogP contribution in [0.1, 0.15) is 40.5 Å². The predicted molar refractivity (Wildman–Crippen MR) is 65.7 cm³/mol. The molecule has 0 aliphatic rings. The number of nitrogens with one attached hydrogen (secondary N) is 1. The fraction of sp³-hybridized carbons (Fsp3) is 0.833. The first-order valence-corrected chi connectivity index (χ1v) is 6.01. The smallest absolute Gasteiger partial charge is 0.313 e. The zero-order chi connectivity index (χ0) is 14.2. The molecule has 6 heteroatoms. The topological polar surface area (TPSA) is 84.9 Å². The lowest BCUT2D eigenvalue weighted by atomic mass is 10.2. The largest absolute Gasteiger partial charge is 0.466 e. The van der Waals surface area contributed by atoms with Gasteiger partial charge in [-0.25, -0.2) is 0 Å². The van der Waals surface area contributed by atoms with Crippen molar-refractivity contribution in [3.63, 3.8) is 0 Å². The molecule has 0 radical (unpaired) electrons. The highest BCUT2D eigenvalue weighted by atomic mass is 16.6. The number of carbonyl (C=O) groups is 2. The Balaban J connectivity index is 3.71. The number of hydrogen-bond donors (Lipinski definition) is 2. The van der Waals surface area contributed by atoms with Crippen LogP contribution in [-0.2, 0) is 19.1 Å². The Kier molecular flexibility index (Phi) is 7.73. The molecule has 1 atom stereocenters. The maximum Gasteiger partial charge on any atom is 0.313 e. The third-order valence-corrected chi connectivity index (χ3v) is 1.83. The van der Waals surface area contributed by atoms with Crippen molar-refractivity contribution in [1.82, 2.24) is 5.32 Å². The summed E-state index contributed by atoms with van der Waals surface area (Å²) in [4.78, 5) is 22.3. The van der Waals surface area contributed by atoms with Crippen LogP contribution in [0.4, 0.5) is 0 Å². The Hall–Kier alpha value is -0.980. The molecule has 6 nitrogen and oxygen atoms in total. The lowest BCUT2D eigenvalue weighted by molar-refractivity contribution is -0.181.